The summed E-state index contributed by atoms with van der Waals surface area (Å²) in [6, 6.07) is 0.201. The van der Waals surface area contributed by atoms with Crippen molar-refractivity contribution in [2.45, 2.75) is 25.4 Å². The fourth-order valence-corrected chi connectivity index (χ4v) is 1.64. The zero-order chi connectivity index (χ0) is 11.4. The van der Waals surface area contributed by atoms with Crippen LogP contribution in [0.15, 0.2) is 18.3 Å². The zero-order valence-electron chi connectivity index (χ0n) is 8.97. The largest absolute Gasteiger partial charge is 0.347 e. The molecule has 6 heteroatoms. The van der Waals surface area contributed by atoms with Crippen molar-refractivity contribution in [3.8, 4) is 0 Å². The summed E-state index contributed by atoms with van der Waals surface area (Å²) in [7, 11) is 0. The average molecular weight is 221 g/mol. The van der Waals surface area contributed by atoms with E-state index in [1.807, 2.05) is 0 Å². The number of rotatable bonds is 4. The van der Waals surface area contributed by atoms with Gasteiger partial charge in [0.2, 0.25) is 0 Å². The summed E-state index contributed by atoms with van der Waals surface area (Å²) >= 11 is 0. The molecule has 0 saturated heterocycles. The van der Waals surface area contributed by atoms with Gasteiger partial charge in [0.25, 0.3) is 5.91 Å². The molecule has 1 aromatic heterocycles. The molecular formula is C10H15N5O. The second-order valence-electron chi connectivity index (χ2n) is 3.77. The molecule has 1 aliphatic carbocycles. The number of hydrogen-bond donors (Lipinski definition) is 2. The maximum Gasteiger partial charge on any atom is 0.273 e. The molecule has 0 saturated carbocycles. The van der Waals surface area contributed by atoms with E-state index in [1.54, 1.807) is 10.9 Å². The van der Waals surface area contributed by atoms with E-state index in [9.17, 15) is 4.79 Å². The van der Waals surface area contributed by atoms with Crippen molar-refractivity contribution in [2.24, 2.45) is 5.73 Å². The summed E-state index contributed by atoms with van der Waals surface area (Å²) in [5.74, 6) is -0.169. The van der Waals surface area contributed by atoms with Gasteiger partial charge in [-0.3, -0.25) is 9.48 Å². The topological polar surface area (TPSA) is 85.8 Å². The van der Waals surface area contributed by atoms with Gasteiger partial charge >= 0.3 is 0 Å². The van der Waals surface area contributed by atoms with E-state index in [-0.39, 0.29) is 11.9 Å². The first-order valence-corrected chi connectivity index (χ1v) is 5.35. The Morgan fingerprint density at radius 2 is 2.31 bits per heavy atom. The Kier molecular flexibility index (Phi) is 3.31. The van der Waals surface area contributed by atoms with E-state index in [4.69, 9.17) is 5.73 Å². The number of nitrogens with two attached hydrogens (primary N) is 1. The molecule has 0 atom stereocenters. The third kappa shape index (κ3) is 2.46. The minimum absolute atomic E-state index is 0.169. The Morgan fingerprint density at radius 1 is 1.56 bits per heavy atom. The van der Waals surface area contributed by atoms with Gasteiger partial charge in [0.05, 0.1) is 12.7 Å². The highest BCUT2D eigenvalue weighted by molar-refractivity contribution is 5.92. The minimum Gasteiger partial charge on any atom is -0.347 e. The summed E-state index contributed by atoms with van der Waals surface area (Å²) in [5, 5.41) is 10.5. The van der Waals surface area contributed by atoms with Gasteiger partial charge in [-0.05, 0) is 12.8 Å². The van der Waals surface area contributed by atoms with E-state index in [2.05, 4.69) is 27.8 Å². The fraction of sp³-hybridized carbons (Fsp3) is 0.500. The average Bonchev–Trinajstić information content (AvgIpc) is 2.89. The van der Waals surface area contributed by atoms with Crippen molar-refractivity contribution < 1.29 is 4.79 Å². The van der Waals surface area contributed by atoms with Gasteiger partial charge in [-0.15, -0.1) is 5.10 Å². The lowest BCUT2D eigenvalue weighted by Gasteiger charge is -2.09. The van der Waals surface area contributed by atoms with Crippen molar-refractivity contribution in [1.29, 1.82) is 0 Å². The van der Waals surface area contributed by atoms with Crippen molar-refractivity contribution in [1.82, 2.24) is 20.3 Å². The molecule has 0 fully saturated rings. The van der Waals surface area contributed by atoms with Gasteiger partial charge in [0.1, 0.15) is 0 Å². The van der Waals surface area contributed by atoms with Gasteiger partial charge in [0.15, 0.2) is 5.69 Å². The second kappa shape index (κ2) is 4.89. The Bertz CT molecular complexity index is 390. The lowest BCUT2D eigenvalue weighted by atomic mass is 10.2. The minimum atomic E-state index is -0.169. The second-order valence-corrected chi connectivity index (χ2v) is 3.77. The van der Waals surface area contributed by atoms with Crippen LogP contribution in [-0.4, -0.2) is 33.5 Å². The standard InChI is InChI=1S/C10H15N5O/c11-5-6-15-7-9(13-14-15)10(16)12-8-3-1-2-4-8/h1-2,7-8H,3-6,11H2,(H,12,16). The van der Waals surface area contributed by atoms with Crippen LogP contribution in [-0.2, 0) is 6.54 Å². The van der Waals surface area contributed by atoms with Gasteiger partial charge in [-0.25, -0.2) is 0 Å². The highest BCUT2D eigenvalue weighted by Gasteiger charge is 2.16. The smallest absolute Gasteiger partial charge is 0.273 e. The fourth-order valence-electron chi connectivity index (χ4n) is 1.64. The van der Waals surface area contributed by atoms with Gasteiger partial charge in [-0.2, -0.15) is 0 Å². The number of carbonyl (C=O) groups excluding carboxylic acids is 1. The highest BCUT2D eigenvalue weighted by Crippen LogP contribution is 2.09. The molecule has 1 heterocycles. The normalized spacial score (nSPS) is 15.6. The molecule has 3 N–H and O–H groups in total. The monoisotopic (exact) mass is 221 g/mol. The Morgan fingerprint density at radius 3 is 3.00 bits per heavy atom. The van der Waals surface area contributed by atoms with Gasteiger partial charge in [-0.1, -0.05) is 17.4 Å². The molecular weight excluding hydrogens is 206 g/mol. The number of amides is 1. The van der Waals surface area contributed by atoms with Crippen LogP contribution >= 0.6 is 0 Å². The Labute approximate surface area is 93.5 Å². The molecule has 1 amide bonds. The number of aromatic nitrogens is 3. The highest BCUT2D eigenvalue weighted by atomic mass is 16.2. The third-order valence-electron chi connectivity index (χ3n) is 2.47. The molecule has 0 aromatic carbocycles. The number of nitrogens with one attached hydrogen (secondary N) is 1. The summed E-state index contributed by atoms with van der Waals surface area (Å²) in [6.45, 7) is 1.06. The lowest BCUT2D eigenvalue weighted by molar-refractivity contribution is 0.0934. The van der Waals surface area contributed by atoms with Crippen LogP contribution in [0.4, 0.5) is 0 Å². The molecule has 0 bridgehead atoms. The van der Waals surface area contributed by atoms with Crippen LogP contribution in [0.25, 0.3) is 0 Å². The van der Waals surface area contributed by atoms with Crippen molar-refractivity contribution in [3.05, 3.63) is 24.0 Å². The Balaban J connectivity index is 1.92. The van der Waals surface area contributed by atoms with Crippen molar-refractivity contribution in [3.63, 3.8) is 0 Å². The molecule has 1 aromatic rings. The number of carbonyl (C=O) groups is 1. The molecule has 16 heavy (non-hydrogen) atoms. The van der Waals surface area contributed by atoms with Crippen LogP contribution in [0, 0.1) is 0 Å². The van der Waals surface area contributed by atoms with E-state index < -0.39 is 0 Å². The molecule has 2 rings (SSSR count). The summed E-state index contributed by atoms with van der Waals surface area (Å²) in [4.78, 5) is 11.7. The first-order valence-electron chi connectivity index (χ1n) is 5.35. The molecule has 86 valence electrons. The molecule has 6 nitrogen and oxygen atoms in total. The molecule has 0 spiro atoms. The van der Waals surface area contributed by atoms with Crippen LogP contribution in [0.1, 0.15) is 23.3 Å². The summed E-state index contributed by atoms with van der Waals surface area (Å²) in [5.41, 5.74) is 5.73. The Hall–Kier alpha value is -1.69. The summed E-state index contributed by atoms with van der Waals surface area (Å²) < 4.78 is 1.57. The van der Waals surface area contributed by atoms with Crippen LogP contribution < -0.4 is 11.1 Å². The zero-order valence-corrected chi connectivity index (χ0v) is 8.97. The SMILES string of the molecule is NCCn1cc(C(=O)NC2CC=CC2)nn1. The number of hydrogen-bond acceptors (Lipinski definition) is 4. The first kappa shape index (κ1) is 10.8. The van der Waals surface area contributed by atoms with Crippen LogP contribution in [0.3, 0.4) is 0 Å². The molecule has 0 unspecified atom stereocenters. The third-order valence-corrected chi connectivity index (χ3v) is 2.47. The van der Waals surface area contributed by atoms with Gasteiger partial charge in [0, 0.05) is 12.6 Å². The van der Waals surface area contributed by atoms with E-state index in [0.29, 0.717) is 18.8 Å². The maximum absolute atomic E-state index is 11.7. The predicted molar refractivity (Wildman–Crippen MR) is 58.7 cm³/mol. The molecule has 0 aliphatic heterocycles. The van der Waals surface area contributed by atoms with Crippen molar-refractivity contribution >= 4 is 5.91 Å². The van der Waals surface area contributed by atoms with E-state index in [1.165, 1.54) is 0 Å². The van der Waals surface area contributed by atoms with Crippen molar-refractivity contribution in [2.75, 3.05) is 6.54 Å². The molecule has 1 aliphatic rings. The lowest BCUT2D eigenvalue weighted by Crippen LogP contribution is -2.33. The van der Waals surface area contributed by atoms with Gasteiger partial charge < -0.3 is 11.1 Å². The number of nitrogens with zero attached hydrogens (tertiary/aromatic N) is 3. The first-order chi connectivity index (χ1) is 7.79. The maximum atomic E-state index is 11.7. The predicted octanol–water partition coefficient (Wildman–Crippen LogP) is -0.315. The van der Waals surface area contributed by atoms with Crippen LogP contribution in [0.2, 0.25) is 0 Å². The van der Waals surface area contributed by atoms with Crippen LogP contribution in [0.5, 0.6) is 0 Å². The quantitative estimate of drug-likeness (QED) is 0.683. The molecule has 0 radical (unpaired) electrons. The summed E-state index contributed by atoms with van der Waals surface area (Å²) in [6.07, 6.45) is 7.53. The van der Waals surface area contributed by atoms with E-state index in [0.717, 1.165) is 12.8 Å². The van der Waals surface area contributed by atoms with E-state index >= 15 is 0 Å².